The summed E-state index contributed by atoms with van der Waals surface area (Å²) in [5, 5.41) is 9.46. The van der Waals surface area contributed by atoms with Crippen LogP contribution in [0.4, 0.5) is 0 Å². The van der Waals surface area contributed by atoms with Gasteiger partial charge in [0.15, 0.2) is 0 Å². The Morgan fingerprint density at radius 2 is 1.96 bits per heavy atom. The topological polar surface area (TPSA) is 56.7 Å². The number of halogens is 1. The third-order valence-corrected chi connectivity index (χ3v) is 4.56. The van der Waals surface area contributed by atoms with Crippen LogP contribution in [0.3, 0.4) is 0 Å². The van der Waals surface area contributed by atoms with Crippen LogP contribution >= 0.6 is 11.6 Å². The van der Waals surface area contributed by atoms with Gasteiger partial charge in [-0.2, -0.15) is 0 Å². The smallest absolute Gasteiger partial charge is 0.255 e. The second kappa shape index (κ2) is 7.75. The molecule has 1 N–H and O–H groups in total. The molecule has 1 saturated heterocycles. The van der Waals surface area contributed by atoms with E-state index in [0.29, 0.717) is 30.2 Å². The standard InChI is InChI=1S/C18H20ClN3O2/c19-16-5-4-14(17-3-1-2-6-20-17)13-15(16)18(24)22-9-7-21(8-10-22)11-12-23/h1-6,13,23H,7-12H2. The average molecular weight is 346 g/mol. The van der Waals surface area contributed by atoms with Crippen LogP contribution in [0.1, 0.15) is 10.4 Å². The van der Waals surface area contributed by atoms with Crippen LogP contribution in [0, 0.1) is 0 Å². The Labute approximate surface area is 146 Å². The van der Waals surface area contributed by atoms with E-state index in [9.17, 15) is 4.79 Å². The fourth-order valence-corrected chi connectivity index (χ4v) is 3.07. The first-order chi connectivity index (χ1) is 11.7. The predicted molar refractivity (Wildman–Crippen MR) is 94.1 cm³/mol. The molecular weight excluding hydrogens is 326 g/mol. The van der Waals surface area contributed by atoms with E-state index in [1.807, 2.05) is 35.2 Å². The summed E-state index contributed by atoms with van der Waals surface area (Å²) >= 11 is 6.26. The number of hydrogen-bond acceptors (Lipinski definition) is 4. The highest BCUT2D eigenvalue weighted by atomic mass is 35.5. The van der Waals surface area contributed by atoms with E-state index >= 15 is 0 Å². The second-order valence-electron chi connectivity index (χ2n) is 5.77. The quantitative estimate of drug-likeness (QED) is 0.922. The molecule has 0 bridgehead atoms. The van der Waals surface area contributed by atoms with E-state index < -0.39 is 0 Å². The first-order valence-corrected chi connectivity index (χ1v) is 8.40. The van der Waals surface area contributed by atoms with Gasteiger partial charge >= 0.3 is 0 Å². The molecule has 0 spiro atoms. The number of aromatic nitrogens is 1. The van der Waals surface area contributed by atoms with E-state index in [-0.39, 0.29) is 12.5 Å². The lowest BCUT2D eigenvalue weighted by atomic mass is 10.1. The Balaban J connectivity index is 1.78. The minimum atomic E-state index is -0.0542. The van der Waals surface area contributed by atoms with E-state index in [0.717, 1.165) is 24.3 Å². The summed E-state index contributed by atoms with van der Waals surface area (Å²) in [6.07, 6.45) is 1.73. The van der Waals surface area contributed by atoms with Crippen LogP contribution in [0.5, 0.6) is 0 Å². The van der Waals surface area contributed by atoms with Crippen molar-refractivity contribution in [3.8, 4) is 11.3 Å². The molecular formula is C18H20ClN3O2. The van der Waals surface area contributed by atoms with Crippen molar-refractivity contribution < 1.29 is 9.90 Å². The van der Waals surface area contributed by atoms with Gasteiger partial charge in [0.05, 0.1) is 22.9 Å². The lowest BCUT2D eigenvalue weighted by Gasteiger charge is -2.34. The molecule has 1 amide bonds. The summed E-state index contributed by atoms with van der Waals surface area (Å²) in [6.45, 7) is 3.61. The molecule has 2 aromatic rings. The van der Waals surface area contributed by atoms with Crippen LogP contribution in [0.2, 0.25) is 5.02 Å². The number of aliphatic hydroxyl groups excluding tert-OH is 1. The molecule has 1 aliphatic heterocycles. The van der Waals surface area contributed by atoms with Gasteiger partial charge in [-0.05, 0) is 24.3 Å². The second-order valence-corrected chi connectivity index (χ2v) is 6.17. The molecule has 1 aromatic carbocycles. The van der Waals surface area contributed by atoms with Gasteiger partial charge in [0.1, 0.15) is 0 Å². The highest BCUT2D eigenvalue weighted by Crippen LogP contribution is 2.25. The minimum Gasteiger partial charge on any atom is -0.395 e. The molecule has 2 heterocycles. The minimum absolute atomic E-state index is 0.0542. The Morgan fingerprint density at radius 1 is 1.17 bits per heavy atom. The Kier molecular flexibility index (Phi) is 5.45. The van der Waals surface area contributed by atoms with Crippen molar-refractivity contribution in [3.05, 3.63) is 53.2 Å². The summed E-state index contributed by atoms with van der Waals surface area (Å²) in [7, 11) is 0. The maximum absolute atomic E-state index is 12.8. The zero-order valence-corrected chi connectivity index (χ0v) is 14.1. The number of aliphatic hydroxyl groups is 1. The summed E-state index contributed by atoms with van der Waals surface area (Å²) in [5.41, 5.74) is 2.20. The Bertz CT molecular complexity index is 701. The van der Waals surface area contributed by atoms with Gasteiger partial charge in [-0.3, -0.25) is 14.7 Å². The van der Waals surface area contributed by atoms with Crippen molar-refractivity contribution in [3.63, 3.8) is 0 Å². The largest absolute Gasteiger partial charge is 0.395 e. The molecule has 24 heavy (non-hydrogen) atoms. The SMILES string of the molecule is O=C(c1cc(-c2ccccn2)ccc1Cl)N1CCN(CCO)CC1. The van der Waals surface area contributed by atoms with Crippen LogP contribution in [-0.4, -0.2) is 65.1 Å². The fourth-order valence-electron chi connectivity index (χ4n) is 2.87. The number of β-amino-alcohol motifs (C(OH)–C–C–N with tert-alkyl or cyclic N) is 1. The number of amides is 1. The fraction of sp³-hybridized carbons (Fsp3) is 0.333. The molecule has 1 aliphatic rings. The number of pyridine rings is 1. The first kappa shape index (κ1) is 16.9. The van der Waals surface area contributed by atoms with Gasteiger partial charge in [-0.25, -0.2) is 0 Å². The van der Waals surface area contributed by atoms with Crippen molar-refractivity contribution in [1.29, 1.82) is 0 Å². The van der Waals surface area contributed by atoms with E-state index in [4.69, 9.17) is 16.7 Å². The number of hydrogen-bond donors (Lipinski definition) is 1. The highest BCUT2D eigenvalue weighted by molar-refractivity contribution is 6.34. The van der Waals surface area contributed by atoms with Gasteiger partial charge in [-0.1, -0.05) is 23.7 Å². The molecule has 0 aliphatic carbocycles. The molecule has 0 saturated carbocycles. The Hall–Kier alpha value is -1.95. The number of benzene rings is 1. The van der Waals surface area contributed by atoms with Crippen molar-refractivity contribution in [2.75, 3.05) is 39.3 Å². The molecule has 126 valence electrons. The van der Waals surface area contributed by atoms with E-state index in [2.05, 4.69) is 9.88 Å². The molecule has 0 unspecified atom stereocenters. The number of nitrogens with zero attached hydrogens (tertiary/aromatic N) is 3. The third-order valence-electron chi connectivity index (χ3n) is 4.23. The van der Waals surface area contributed by atoms with Gasteiger partial charge in [0, 0.05) is 44.5 Å². The summed E-state index contributed by atoms with van der Waals surface area (Å²) in [6, 6.07) is 11.1. The van der Waals surface area contributed by atoms with Crippen molar-refractivity contribution in [1.82, 2.24) is 14.8 Å². The van der Waals surface area contributed by atoms with Gasteiger partial charge in [0.25, 0.3) is 5.91 Å². The van der Waals surface area contributed by atoms with Gasteiger partial charge in [0.2, 0.25) is 0 Å². The van der Waals surface area contributed by atoms with Gasteiger partial charge in [-0.15, -0.1) is 0 Å². The summed E-state index contributed by atoms with van der Waals surface area (Å²) < 4.78 is 0. The Morgan fingerprint density at radius 3 is 2.62 bits per heavy atom. The zero-order chi connectivity index (χ0) is 16.9. The molecule has 1 fully saturated rings. The molecule has 0 radical (unpaired) electrons. The molecule has 6 heteroatoms. The lowest BCUT2D eigenvalue weighted by molar-refractivity contribution is 0.0615. The van der Waals surface area contributed by atoms with Crippen molar-refractivity contribution in [2.45, 2.75) is 0 Å². The highest BCUT2D eigenvalue weighted by Gasteiger charge is 2.23. The third kappa shape index (κ3) is 3.75. The molecule has 5 nitrogen and oxygen atoms in total. The van der Waals surface area contributed by atoms with Crippen LogP contribution in [0.25, 0.3) is 11.3 Å². The van der Waals surface area contributed by atoms with Crippen LogP contribution < -0.4 is 0 Å². The monoisotopic (exact) mass is 345 g/mol. The van der Waals surface area contributed by atoms with Crippen molar-refractivity contribution >= 4 is 17.5 Å². The number of rotatable bonds is 4. The van der Waals surface area contributed by atoms with E-state index in [1.165, 1.54) is 0 Å². The molecule has 0 atom stereocenters. The average Bonchev–Trinajstić information content (AvgIpc) is 2.63. The van der Waals surface area contributed by atoms with E-state index in [1.54, 1.807) is 12.3 Å². The van der Waals surface area contributed by atoms with Crippen molar-refractivity contribution in [2.24, 2.45) is 0 Å². The maximum Gasteiger partial charge on any atom is 0.255 e. The molecule has 1 aromatic heterocycles. The van der Waals surface area contributed by atoms with Crippen LogP contribution in [-0.2, 0) is 0 Å². The summed E-state index contributed by atoms with van der Waals surface area (Å²) in [4.78, 5) is 21.1. The summed E-state index contributed by atoms with van der Waals surface area (Å²) in [5.74, 6) is -0.0542. The normalized spacial score (nSPS) is 15.5. The zero-order valence-electron chi connectivity index (χ0n) is 13.4. The lowest BCUT2D eigenvalue weighted by Crippen LogP contribution is -2.49. The van der Waals surface area contributed by atoms with Gasteiger partial charge < -0.3 is 10.0 Å². The first-order valence-electron chi connectivity index (χ1n) is 8.02. The number of piperazine rings is 1. The maximum atomic E-state index is 12.8. The predicted octanol–water partition coefficient (Wildman–Crippen LogP) is 2.15. The number of carbonyl (C=O) groups excluding carboxylic acids is 1. The van der Waals surface area contributed by atoms with Crippen LogP contribution in [0.15, 0.2) is 42.6 Å². The number of carbonyl (C=O) groups is 1. The molecule has 3 rings (SSSR count).